The lowest BCUT2D eigenvalue weighted by Crippen LogP contribution is -2.52. The number of carbonyl (C=O) groups excluding carboxylic acids is 1. The number of halogens is 2. The maximum atomic E-state index is 13.0. The van der Waals surface area contributed by atoms with Gasteiger partial charge in [0, 0.05) is 18.5 Å². The van der Waals surface area contributed by atoms with Gasteiger partial charge in [0.1, 0.15) is 5.60 Å². The summed E-state index contributed by atoms with van der Waals surface area (Å²) in [5.41, 5.74) is 0.307. The molecular formula is C20H21Cl2NO5S. The predicted molar refractivity (Wildman–Crippen MR) is 112 cm³/mol. The smallest absolute Gasteiger partial charge is 0.264 e. The number of amides is 1. The molecule has 0 bridgehead atoms. The molecule has 9 heteroatoms. The molecule has 1 unspecified atom stereocenters. The Morgan fingerprint density at radius 1 is 1.17 bits per heavy atom. The molecule has 0 saturated carbocycles. The maximum absolute atomic E-state index is 13.0. The number of ether oxygens (including phenoxy) is 1. The summed E-state index contributed by atoms with van der Waals surface area (Å²) in [7, 11) is -3.60. The normalized spacial score (nSPS) is 19.9. The molecule has 2 aromatic rings. The summed E-state index contributed by atoms with van der Waals surface area (Å²) in [5, 5.41) is 0.744. The average Bonchev–Trinajstić information content (AvgIpc) is 2.69. The van der Waals surface area contributed by atoms with Crippen LogP contribution >= 0.6 is 23.2 Å². The molecule has 1 amide bonds. The van der Waals surface area contributed by atoms with E-state index in [4.69, 9.17) is 32.1 Å². The van der Waals surface area contributed by atoms with E-state index in [-0.39, 0.29) is 32.1 Å². The minimum atomic E-state index is -3.60. The second kappa shape index (κ2) is 9.02. The molecule has 1 aliphatic heterocycles. The van der Waals surface area contributed by atoms with Crippen molar-refractivity contribution in [2.75, 3.05) is 32.6 Å². The first kappa shape index (κ1) is 22.1. The molecule has 2 aromatic carbocycles. The SMILES string of the molecule is CS(=O)(=O)OCCC1(c2ccc(Cl)c(Cl)c2)CN(C(=O)c2ccccc2)CCO1. The lowest BCUT2D eigenvalue weighted by Gasteiger charge is -2.43. The van der Waals surface area contributed by atoms with Gasteiger partial charge < -0.3 is 9.64 Å². The van der Waals surface area contributed by atoms with Gasteiger partial charge in [0.25, 0.3) is 16.0 Å². The van der Waals surface area contributed by atoms with Crippen molar-refractivity contribution in [1.82, 2.24) is 4.90 Å². The van der Waals surface area contributed by atoms with Gasteiger partial charge in [-0.15, -0.1) is 0 Å². The Morgan fingerprint density at radius 2 is 1.90 bits per heavy atom. The van der Waals surface area contributed by atoms with E-state index >= 15 is 0 Å². The van der Waals surface area contributed by atoms with Crippen LogP contribution in [-0.2, 0) is 24.6 Å². The quantitative estimate of drug-likeness (QED) is 0.617. The summed E-state index contributed by atoms with van der Waals surface area (Å²) in [4.78, 5) is 14.7. The van der Waals surface area contributed by atoms with Crippen molar-refractivity contribution in [2.45, 2.75) is 12.0 Å². The number of carbonyl (C=O) groups is 1. The van der Waals surface area contributed by atoms with Gasteiger partial charge in [-0.2, -0.15) is 8.42 Å². The zero-order chi connectivity index (χ0) is 21.1. The minimum absolute atomic E-state index is 0.0908. The fourth-order valence-corrected chi connectivity index (χ4v) is 4.01. The van der Waals surface area contributed by atoms with Crippen molar-refractivity contribution in [2.24, 2.45) is 0 Å². The van der Waals surface area contributed by atoms with E-state index in [0.717, 1.165) is 6.26 Å². The highest BCUT2D eigenvalue weighted by atomic mass is 35.5. The fourth-order valence-electron chi connectivity index (χ4n) is 3.33. The first-order valence-electron chi connectivity index (χ1n) is 8.98. The first-order chi connectivity index (χ1) is 13.7. The number of morpholine rings is 1. The zero-order valence-corrected chi connectivity index (χ0v) is 18.1. The lowest BCUT2D eigenvalue weighted by atomic mass is 9.88. The Bertz CT molecular complexity index is 984. The third-order valence-electron chi connectivity index (χ3n) is 4.74. The van der Waals surface area contributed by atoms with Crippen molar-refractivity contribution in [3.05, 3.63) is 69.7 Å². The average molecular weight is 458 g/mol. The molecule has 1 saturated heterocycles. The van der Waals surface area contributed by atoms with Gasteiger partial charge in [-0.3, -0.25) is 8.98 Å². The van der Waals surface area contributed by atoms with Crippen LogP contribution in [-0.4, -0.2) is 51.8 Å². The van der Waals surface area contributed by atoms with Crippen LogP contribution in [0.2, 0.25) is 10.0 Å². The van der Waals surface area contributed by atoms with Crippen LogP contribution in [0.1, 0.15) is 22.3 Å². The Kier molecular flexibility index (Phi) is 6.86. The van der Waals surface area contributed by atoms with Crippen molar-refractivity contribution in [1.29, 1.82) is 0 Å². The van der Waals surface area contributed by atoms with E-state index < -0.39 is 15.7 Å². The number of hydrogen-bond acceptors (Lipinski definition) is 5. The van der Waals surface area contributed by atoms with Crippen LogP contribution in [0.25, 0.3) is 0 Å². The topological polar surface area (TPSA) is 72.9 Å². The number of nitrogens with zero attached hydrogens (tertiary/aromatic N) is 1. The molecule has 6 nitrogen and oxygen atoms in total. The second-order valence-electron chi connectivity index (χ2n) is 6.84. The van der Waals surface area contributed by atoms with Crippen LogP contribution in [0.3, 0.4) is 0 Å². The summed E-state index contributed by atoms with van der Waals surface area (Å²) < 4.78 is 33.9. The van der Waals surface area contributed by atoms with Crippen LogP contribution < -0.4 is 0 Å². The summed E-state index contributed by atoms with van der Waals surface area (Å²) >= 11 is 12.2. The van der Waals surface area contributed by atoms with Gasteiger partial charge in [-0.05, 0) is 29.8 Å². The molecule has 1 heterocycles. The first-order valence-corrected chi connectivity index (χ1v) is 11.6. The van der Waals surface area contributed by atoms with Gasteiger partial charge in [0.15, 0.2) is 0 Å². The van der Waals surface area contributed by atoms with E-state index in [2.05, 4.69) is 0 Å². The summed E-state index contributed by atoms with van der Waals surface area (Å²) in [5.74, 6) is -0.123. The van der Waals surface area contributed by atoms with Gasteiger partial charge in [0.2, 0.25) is 0 Å². The van der Waals surface area contributed by atoms with Crippen molar-refractivity contribution < 1.29 is 22.1 Å². The molecule has 0 spiro atoms. The summed E-state index contributed by atoms with van der Waals surface area (Å²) in [6.07, 6.45) is 1.21. The molecular weight excluding hydrogens is 437 g/mol. The van der Waals surface area contributed by atoms with Crippen LogP contribution in [0, 0.1) is 0 Å². The fraction of sp³-hybridized carbons (Fsp3) is 0.350. The van der Waals surface area contributed by atoms with Gasteiger partial charge in [0.05, 0.1) is 36.1 Å². The molecule has 0 aromatic heterocycles. The van der Waals surface area contributed by atoms with E-state index in [0.29, 0.717) is 27.7 Å². The standard InChI is InChI=1S/C20H21Cl2NO5S/c1-29(25,26)28-11-9-20(16-7-8-17(21)18(22)13-16)14-23(10-12-27-20)19(24)15-5-3-2-4-6-15/h2-8,13H,9-12,14H2,1H3. The molecule has 1 atom stereocenters. The molecule has 29 heavy (non-hydrogen) atoms. The molecule has 1 aliphatic rings. The van der Waals surface area contributed by atoms with Crippen LogP contribution in [0.4, 0.5) is 0 Å². The van der Waals surface area contributed by atoms with E-state index in [1.54, 1.807) is 47.4 Å². The van der Waals surface area contributed by atoms with Crippen LogP contribution in [0.5, 0.6) is 0 Å². The summed E-state index contributed by atoms with van der Waals surface area (Å²) in [6, 6.07) is 14.1. The highest BCUT2D eigenvalue weighted by Crippen LogP contribution is 2.37. The lowest BCUT2D eigenvalue weighted by molar-refractivity contribution is -0.114. The highest BCUT2D eigenvalue weighted by Gasteiger charge is 2.40. The molecule has 1 fully saturated rings. The van der Waals surface area contributed by atoms with Gasteiger partial charge in [-0.25, -0.2) is 0 Å². The molecule has 0 N–H and O–H groups in total. The Balaban J connectivity index is 1.91. The van der Waals surface area contributed by atoms with Crippen molar-refractivity contribution in [3.63, 3.8) is 0 Å². The highest BCUT2D eigenvalue weighted by molar-refractivity contribution is 7.85. The predicted octanol–water partition coefficient (Wildman–Crippen LogP) is 3.73. The third kappa shape index (κ3) is 5.49. The van der Waals surface area contributed by atoms with Crippen molar-refractivity contribution in [3.8, 4) is 0 Å². The zero-order valence-electron chi connectivity index (χ0n) is 15.8. The molecule has 3 rings (SSSR count). The Hall–Kier alpha value is -1.64. The van der Waals surface area contributed by atoms with Crippen molar-refractivity contribution >= 4 is 39.2 Å². The Labute approximate surface area is 180 Å². The summed E-state index contributed by atoms with van der Waals surface area (Å²) in [6.45, 7) is 0.847. The second-order valence-corrected chi connectivity index (χ2v) is 9.30. The number of benzene rings is 2. The van der Waals surface area contributed by atoms with E-state index in [9.17, 15) is 13.2 Å². The molecule has 156 valence electrons. The number of hydrogen-bond donors (Lipinski definition) is 0. The van der Waals surface area contributed by atoms with Gasteiger partial charge >= 0.3 is 0 Å². The number of rotatable bonds is 6. The van der Waals surface area contributed by atoms with Crippen LogP contribution in [0.15, 0.2) is 48.5 Å². The largest absolute Gasteiger partial charge is 0.366 e. The van der Waals surface area contributed by atoms with E-state index in [1.165, 1.54) is 0 Å². The minimum Gasteiger partial charge on any atom is -0.366 e. The molecule has 0 aliphatic carbocycles. The monoisotopic (exact) mass is 457 g/mol. The third-order valence-corrected chi connectivity index (χ3v) is 6.08. The van der Waals surface area contributed by atoms with Gasteiger partial charge in [-0.1, -0.05) is 47.5 Å². The Morgan fingerprint density at radius 3 is 2.55 bits per heavy atom. The molecule has 0 radical (unpaired) electrons. The maximum Gasteiger partial charge on any atom is 0.264 e. The van der Waals surface area contributed by atoms with E-state index in [1.807, 2.05) is 6.07 Å².